The van der Waals surface area contributed by atoms with Crippen LogP contribution >= 0.6 is 0 Å². The van der Waals surface area contributed by atoms with Crippen LogP contribution in [0.25, 0.3) is 21.5 Å². The second kappa shape index (κ2) is 6.25. The standard InChI is InChI=1S/C19H22N2/c20-12-6-5-11-19(21)18-13-14-7-1-2-8-15(14)16-9-3-4-10-17(16)18/h1-4,7-10,13,19H,5-6,11-12,20-21H2/t19-/m1/s1. The minimum Gasteiger partial charge on any atom is -0.330 e. The van der Waals surface area contributed by atoms with E-state index in [2.05, 4.69) is 54.6 Å². The Kier molecular flexibility index (Phi) is 4.18. The normalized spacial score (nSPS) is 12.9. The van der Waals surface area contributed by atoms with Gasteiger partial charge in [0.2, 0.25) is 0 Å². The molecule has 0 heterocycles. The summed E-state index contributed by atoms with van der Waals surface area (Å²) in [5.74, 6) is 0. The Morgan fingerprint density at radius 1 is 0.810 bits per heavy atom. The molecular formula is C19H22N2. The van der Waals surface area contributed by atoms with Gasteiger partial charge < -0.3 is 11.5 Å². The highest BCUT2D eigenvalue weighted by Crippen LogP contribution is 2.32. The summed E-state index contributed by atoms with van der Waals surface area (Å²) in [6.45, 7) is 0.741. The molecule has 0 saturated heterocycles. The van der Waals surface area contributed by atoms with Gasteiger partial charge in [0, 0.05) is 6.04 Å². The molecule has 0 aromatic heterocycles. The average Bonchev–Trinajstić information content (AvgIpc) is 2.54. The van der Waals surface area contributed by atoms with Gasteiger partial charge in [-0.2, -0.15) is 0 Å². The Morgan fingerprint density at radius 2 is 1.48 bits per heavy atom. The van der Waals surface area contributed by atoms with Gasteiger partial charge >= 0.3 is 0 Å². The first-order valence-electron chi connectivity index (χ1n) is 7.67. The van der Waals surface area contributed by atoms with Gasteiger partial charge in [0.1, 0.15) is 0 Å². The van der Waals surface area contributed by atoms with Crippen molar-refractivity contribution in [2.24, 2.45) is 11.5 Å². The molecule has 0 aliphatic rings. The zero-order valence-corrected chi connectivity index (χ0v) is 12.3. The molecule has 4 N–H and O–H groups in total. The van der Waals surface area contributed by atoms with Crippen LogP contribution in [-0.4, -0.2) is 6.54 Å². The van der Waals surface area contributed by atoms with E-state index in [0.29, 0.717) is 0 Å². The summed E-state index contributed by atoms with van der Waals surface area (Å²) in [4.78, 5) is 0. The van der Waals surface area contributed by atoms with Crippen LogP contribution in [0.15, 0.2) is 54.6 Å². The summed E-state index contributed by atoms with van der Waals surface area (Å²) in [6, 6.07) is 19.4. The lowest BCUT2D eigenvalue weighted by Crippen LogP contribution is -2.11. The molecule has 0 aliphatic carbocycles. The lowest BCUT2D eigenvalue weighted by Gasteiger charge is -2.16. The summed E-state index contributed by atoms with van der Waals surface area (Å²) in [5.41, 5.74) is 13.3. The van der Waals surface area contributed by atoms with Gasteiger partial charge in [-0.3, -0.25) is 0 Å². The van der Waals surface area contributed by atoms with Gasteiger partial charge in [-0.05, 0) is 52.6 Å². The van der Waals surface area contributed by atoms with Crippen LogP contribution in [0.1, 0.15) is 30.9 Å². The number of hydrogen-bond acceptors (Lipinski definition) is 2. The van der Waals surface area contributed by atoms with Crippen LogP contribution in [0.4, 0.5) is 0 Å². The molecule has 1 atom stereocenters. The molecule has 0 unspecified atom stereocenters. The van der Waals surface area contributed by atoms with Crippen molar-refractivity contribution in [2.75, 3.05) is 6.54 Å². The first-order chi connectivity index (χ1) is 10.3. The molecule has 0 bridgehead atoms. The third-order valence-corrected chi connectivity index (χ3v) is 4.17. The van der Waals surface area contributed by atoms with Gasteiger partial charge in [0.15, 0.2) is 0 Å². The highest BCUT2D eigenvalue weighted by Gasteiger charge is 2.12. The fraction of sp³-hybridized carbons (Fsp3) is 0.263. The number of hydrogen-bond donors (Lipinski definition) is 2. The summed E-state index contributed by atoms with van der Waals surface area (Å²) >= 11 is 0. The van der Waals surface area contributed by atoms with Crippen molar-refractivity contribution in [1.82, 2.24) is 0 Å². The van der Waals surface area contributed by atoms with Crippen molar-refractivity contribution in [3.63, 3.8) is 0 Å². The van der Waals surface area contributed by atoms with Crippen LogP contribution in [-0.2, 0) is 0 Å². The van der Waals surface area contributed by atoms with E-state index in [4.69, 9.17) is 11.5 Å². The fourth-order valence-corrected chi connectivity index (χ4v) is 3.05. The van der Waals surface area contributed by atoms with Crippen molar-refractivity contribution in [3.8, 4) is 0 Å². The summed E-state index contributed by atoms with van der Waals surface area (Å²) in [7, 11) is 0. The third-order valence-electron chi connectivity index (χ3n) is 4.17. The SMILES string of the molecule is NCCCC[C@@H](N)c1cc2ccccc2c2ccccc12. The van der Waals surface area contributed by atoms with Crippen molar-refractivity contribution < 1.29 is 0 Å². The maximum atomic E-state index is 6.45. The number of nitrogens with two attached hydrogens (primary N) is 2. The zero-order chi connectivity index (χ0) is 14.7. The van der Waals surface area contributed by atoms with Crippen molar-refractivity contribution in [2.45, 2.75) is 25.3 Å². The second-order valence-corrected chi connectivity index (χ2v) is 5.62. The lowest BCUT2D eigenvalue weighted by molar-refractivity contribution is 0.594. The molecule has 0 amide bonds. The monoisotopic (exact) mass is 278 g/mol. The van der Waals surface area contributed by atoms with E-state index >= 15 is 0 Å². The quantitative estimate of drug-likeness (QED) is 0.545. The minimum atomic E-state index is 0.0751. The predicted octanol–water partition coefficient (Wildman–Crippen LogP) is 4.12. The number of unbranched alkanes of at least 4 members (excludes halogenated alkanes) is 1. The Hall–Kier alpha value is -1.90. The molecule has 108 valence electrons. The third kappa shape index (κ3) is 2.78. The van der Waals surface area contributed by atoms with Crippen LogP contribution in [0.5, 0.6) is 0 Å². The highest BCUT2D eigenvalue weighted by molar-refractivity contribution is 6.09. The van der Waals surface area contributed by atoms with Gasteiger partial charge in [-0.15, -0.1) is 0 Å². The average molecular weight is 278 g/mol. The first kappa shape index (κ1) is 14.1. The van der Waals surface area contributed by atoms with E-state index in [0.717, 1.165) is 25.8 Å². The van der Waals surface area contributed by atoms with Gasteiger partial charge in [-0.1, -0.05) is 55.0 Å². The Labute approximate surface area is 125 Å². The molecule has 0 spiro atoms. The van der Waals surface area contributed by atoms with E-state index in [1.54, 1.807) is 0 Å². The van der Waals surface area contributed by atoms with Crippen LogP contribution in [0, 0.1) is 0 Å². The molecule has 0 aliphatic heterocycles. The molecular weight excluding hydrogens is 256 g/mol. The van der Waals surface area contributed by atoms with Crippen LogP contribution in [0.2, 0.25) is 0 Å². The lowest BCUT2D eigenvalue weighted by atomic mass is 9.92. The fourth-order valence-electron chi connectivity index (χ4n) is 3.05. The van der Waals surface area contributed by atoms with Gasteiger partial charge in [0.05, 0.1) is 0 Å². The topological polar surface area (TPSA) is 52.0 Å². The van der Waals surface area contributed by atoms with Crippen molar-refractivity contribution in [1.29, 1.82) is 0 Å². The Balaban J connectivity index is 2.11. The van der Waals surface area contributed by atoms with E-state index in [1.165, 1.54) is 27.1 Å². The maximum Gasteiger partial charge on any atom is 0.0301 e. The molecule has 3 rings (SSSR count). The molecule has 0 fully saturated rings. The first-order valence-corrected chi connectivity index (χ1v) is 7.67. The Bertz CT molecular complexity index is 749. The molecule has 2 heteroatoms. The Morgan fingerprint density at radius 3 is 2.24 bits per heavy atom. The van der Waals surface area contributed by atoms with Crippen LogP contribution in [0.3, 0.4) is 0 Å². The summed E-state index contributed by atoms with van der Waals surface area (Å²) in [5, 5.41) is 5.13. The van der Waals surface area contributed by atoms with E-state index in [1.807, 2.05) is 0 Å². The largest absolute Gasteiger partial charge is 0.330 e. The minimum absolute atomic E-state index is 0.0751. The molecule has 3 aromatic rings. The maximum absolute atomic E-state index is 6.45. The molecule has 0 radical (unpaired) electrons. The van der Waals surface area contributed by atoms with Gasteiger partial charge in [0.25, 0.3) is 0 Å². The van der Waals surface area contributed by atoms with E-state index < -0.39 is 0 Å². The smallest absolute Gasteiger partial charge is 0.0301 e. The molecule has 0 saturated carbocycles. The van der Waals surface area contributed by atoms with Gasteiger partial charge in [-0.25, -0.2) is 0 Å². The molecule has 21 heavy (non-hydrogen) atoms. The van der Waals surface area contributed by atoms with Crippen molar-refractivity contribution in [3.05, 3.63) is 60.2 Å². The van der Waals surface area contributed by atoms with Crippen LogP contribution < -0.4 is 11.5 Å². The summed E-state index contributed by atoms with van der Waals surface area (Å²) < 4.78 is 0. The highest BCUT2D eigenvalue weighted by atomic mass is 14.6. The molecule has 3 aromatic carbocycles. The zero-order valence-electron chi connectivity index (χ0n) is 12.3. The molecule has 2 nitrogen and oxygen atoms in total. The van der Waals surface area contributed by atoms with Crippen molar-refractivity contribution >= 4 is 21.5 Å². The second-order valence-electron chi connectivity index (χ2n) is 5.62. The number of benzene rings is 3. The number of rotatable bonds is 5. The van der Waals surface area contributed by atoms with E-state index in [9.17, 15) is 0 Å². The van der Waals surface area contributed by atoms with E-state index in [-0.39, 0.29) is 6.04 Å². The number of fused-ring (bicyclic) bond motifs is 3. The predicted molar refractivity (Wildman–Crippen MR) is 91.3 cm³/mol. The summed E-state index contributed by atoms with van der Waals surface area (Å²) in [6.07, 6.45) is 3.11.